The summed E-state index contributed by atoms with van der Waals surface area (Å²) >= 11 is 6.74. The molecular formula is C25H25ClNOP. The molecule has 1 heterocycles. The van der Waals surface area contributed by atoms with Crippen LogP contribution in [0, 0.1) is 5.41 Å². The van der Waals surface area contributed by atoms with Gasteiger partial charge in [-0.3, -0.25) is 0 Å². The Morgan fingerprint density at radius 3 is 1.97 bits per heavy atom. The van der Waals surface area contributed by atoms with Crippen LogP contribution in [0.1, 0.15) is 26.3 Å². The van der Waals surface area contributed by atoms with E-state index in [0.29, 0.717) is 17.5 Å². The molecule has 1 unspecified atom stereocenters. The first-order chi connectivity index (χ1) is 13.9. The number of benzene rings is 3. The fourth-order valence-corrected chi connectivity index (χ4v) is 6.24. The number of aliphatic imine (C=N–C) groups is 1. The molecule has 0 saturated heterocycles. The molecule has 0 bridgehead atoms. The Labute approximate surface area is 179 Å². The Morgan fingerprint density at radius 2 is 1.45 bits per heavy atom. The zero-order chi connectivity index (χ0) is 20.4. The van der Waals surface area contributed by atoms with E-state index in [1.165, 1.54) is 15.9 Å². The molecule has 3 aromatic rings. The molecule has 1 atom stereocenters. The monoisotopic (exact) mass is 421 g/mol. The molecule has 3 aromatic carbocycles. The van der Waals surface area contributed by atoms with E-state index in [1.807, 2.05) is 12.1 Å². The minimum Gasteiger partial charge on any atom is -0.475 e. The van der Waals surface area contributed by atoms with Crippen molar-refractivity contribution < 1.29 is 4.74 Å². The third-order valence-corrected chi connectivity index (χ3v) is 7.92. The summed E-state index contributed by atoms with van der Waals surface area (Å²) in [5, 5.41) is 4.43. The summed E-state index contributed by atoms with van der Waals surface area (Å²) < 4.78 is 6.10. The summed E-state index contributed by atoms with van der Waals surface area (Å²) in [6.07, 6.45) is 0. The highest BCUT2D eigenvalue weighted by Crippen LogP contribution is 2.37. The summed E-state index contributed by atoms with van der Waals surface area (Å²) in [5.74, 6) is 0.671. The smallest absolute Gasteiger partial charge is 0.218 e. The molecule has 0 aliphatic carbocycles. The summed E-state index contributed by atoms with van der Waals surface area (Å²) in [5.41, 5.74) is 0.979. The summed E-state index contributed by atoms with van der Waals surface area (Å²) in [6.45, 7) is 7.18. The first-order valence-electron chi connectivity index (χ1n) is 9.85. The van der Waals surface area contributed by atoms with Gasteiger partial charge in [0.05, 0.1) is 16.6 Å². The number of hydrogen-bond acceptors (Lipinski definition) is 2. The molecule has 4 rings (SSSR count). The minimum atomic E-state index is -0.787. The molecular weight excluding hydrogens is 397 g/mol. The van der Waals surface area contributed by atoms with Gasteiger partial charge in [-0.25, -0.2) is 4.99 Å². The van der Waals surface area contributed by atoms with Crippen molar-refractivity contribution in [2.75, 3.05) is 6.61 Å². The van der Waals surface area contributed by atoms with Gasteiger partial charge in [0, 0.05) is 0 Å². The molecule has 0 N–H and O–H groups in total. The molecule has 148 valence electrons. The highest BCUT2D eigenvalue weighted by atomic mass is 35.5. The van der Waals surface area contributed by atoms with Gasteiger partial charge in [0.15, 0.2) is 0 Å². The van der Waals surface area contributed by atoms with Gasteiger partial charge in [0.1, 0.15) is 6.61 Å². The standard InChI is InChI=1S/C25H25ClNOP/c1-25(2,3)22-17-28-24(27-22)23-20(26)15-10-16-21(23)29(18-11-6-4-7-12-18)19-13-8-5-9-14-19/h4-16,22H,17H2,1-3H3. The van der Waals surface area contributed by atoms with E-state index >= 15 is 0 Å². The van der Waals surface area contributed by atoms with Gasteiger partial charge in [-0.15, -0.1) is 0 Å². The maximum atomic E-state index is 6.74. The van der Waals surface area contributed by atoms with E-state index in [2.05, 4.69) is 87.5 Å². The number of hydrogen-bond donors (Lipinski definition) is 0. The van der Waals surface area contributed by atoms with Crippen LogP contribution in [0.4, 0.5) is 0 Å². The largest absolute Gasteiger partial charge is 0.475 e. The van der Waals surface area contributed by atoms with Crippen molar-refractivity contribution in [2.24, 2.45) is 10.4 Å². The topological polar surface area (TPSA) is 21.6 Å². The maximum absolute atomic E-state index is 6.74. The van der Waals surface area contributed by atoms with Crippen LogP contribution < -0.4 is 15.9 Å². The van der Waals surface area contributed by atoms with Crippen LogP contribution in [0.3, 0.4) is 0 Å². The summed E-state index contributed by atoms with van der Waals surface area (Å²) in [6, 6.07) is 27.5. The van der Waals surface area contributed by atoms with Crippen molar-refractivity contribution in [2.45, 2.75) is 26.8 Å². The fourth-order valence-electron chi connectivity index (χ4n) is 3.45. The molecule has 0 aromatic heterocycles. The van der Waals surface area contributed by atoms with E-state index in [1.54, 1.807) is 0 Å². The van der Waals surface area contributed by atoms with Crippen LogP contribution in [0.15, 0.2) is 83.9 Å². The molecule has 0 amide bonds. The van der Waals surface area contributed by atoms with Crippen molar-refractivity contribution in [1.29, 1.82) is 0 Å². The second kappa shape index (κ2) is 8.30. The molecule has 0 spiro atoms. The Balaban J connectivity index is 1.89. The lowest BCUT2D eigenvalue weighted by Gasteiger charge is -2.22. The van der Waals surface area contributed by atoms with Crippen LogP contribution in [0.25, 0.3) is 0 Å². The van der Waals surface area contributed by atoms with Crippen LogP contribution in [0.2, 0.25) is 5.02 Å². The minimum absolute atomic E-state index is 0.0484. The quantitative estimate of drug-likeness (QED) is 0.524. The van der Waals surface area contributed by atoms with Crippen LogP contribution >= 0.6 is 19.5 Å². The van der Waals surface area contributed by atoms with Crippen molar-refractivity contribution in [3.05, 3.63) is 89.4 Å². The van der Waals surface area contributed by atoms with E-state index in [-0.39, 0.29) is 11.5 Å². The van der Waals surface area contributed by atoms with E-state index in [0.717, 1.165) is 5.56 Å². The Kier molecular flexibility index (Phi) is 5.76. The average molecular weight is 422 g/mol. The normalized spacial score (nSPS) is 16.6. The number of nitrogens with zero attached hydrogens (tertiary/aromatic N) is 1. The SMILES string of the molecule is CC(C)(C)C1COC(c2c(Cl)cccc2P(c2ccccc2)c2ccccc2)=N1. The van der Waals surface area contributed by atoms with Crippen LogP contribution in [0.5, 0.6) is 0 Å². The second-order valence-corrected chi connectivity index (χ2v) is 10.9. The predicted molar refractivity (Wildman–Crippen MR) is 126 cm³/mol. The lowest BCUT2D eigenvalue weighted by Crippen LogP contribution is -2.26. The number of halogens is 1. The highest BCUT2D eigenvalue weighted by molar-refractivity contribution is 7.80. The predicted octanol–water partition coefficient (Wildman–Crippen LogP) is 5.29. The van der Waals surface area contributed by atoms with Crippen molar-refractivity contribution in [1.82, 2.24) is 0 Å². The summed E-state index contributed by atoms with van der Waals surface area (Å²) in [4.78, 5) is 4.94. The van der Waals surface area contributed by atoms with Gasteiger partial charge >= 0.3 is 0 Å². The second-order valence-electron chi connectivity index (χ2n) is 8.27. The molecule has 0 saturated carbocycles. The Bertz CT molecular complexity index is 972. The van der Waals surface area contributed by atoms with E-state index in [9.17, 15) is 0 Å². The van der Waals surface area contributed by atoms with Gasteiger partial charge in [0.2, 0.25) is 5.90 Å². The fraction of sp³-hybridized carbons (Fsp3) is 0.240. The lowest BCUT2D eigenvalue weighted by molar-refractivity contribution is 0.236. The molecule has 0 fully saturated rings. The molecule has 0 radical (unpaired) electrons. The average Bonchev–Trinajstić information content (AvgIpc) is 3.20. The first kappa shape index (κ1) is 20.1. The van der Waals surface area contributed by atoms with Gasteiger partial charge in [-0.05, 0) is 35.3 Å². The molecule has 2 nitrogen and oxygen atoms in total. The lowest BCUT2D eigenvalue weighted by atomic mass is 9.88. The zero-order valence-corrected chi connectivity index (χ0v) is 18.6. The Hall–Kier alpha value is -2.15. The van der Waals surface area contributed by atoms with E-state index < -0.39 is 7.92 Å². The third kappa shape index (κ3) is 4.25. The van der Waals surface area contributed by atoms with Crippen LogP contribution in [-0.4, -0.2) is 18.5 Å². The van der Waals surface area contributed by atoms with Gasteiger partial charge in [-0.1, -0.05) is 105 Å². The number of rotatable bonds is 4. The highest BCUT2D eigenvalue weighted by Gasteiger charge is 2.33. The molecule has 1 aliphatic rings. The van der Waals surface area contributed by atoms with Gasteiger partial charge in [0.25, 0.3) is 0 Å². The van der Waals surface area contributed by atoms with Gasteiger partial charge in [-0.2, -0.15) is 0 Å². The van der Waals surface area contributed by atoms with Crippen molar-refractivity contribution in [3.63, 3.8) is 0 Å². The molecule has 1 aliphatic heterocycles. The van der Waals surface area contributed by atoms with Gasteiger partial charge < -0.3 is 4.74 Å². The Morgan fingerprint density at radius 1 is 0.862 bits per heavy atom. The summed E-state index contributed by atoms with van der Waals surface area (Å²) in [7, 11) is -0.787. The van der Waals surface area contributed by atoms with Crippen molar-refractivity contribution >= 4 is 41.3 Å². The first-order valence-corrected chi connectivity index (χ1v) is 11.6. The third-order valence-electron chi connectivity index (χ3n) is 5.13. The number of ether oxygens (including phenoxy) is 1. The molecule has 4 heteroatoms. The van der Waals surface area contributed by atoms with E-state index in [4.69, 9.17) is 21.3 Å². The van der Waals surface area contributed by atoms with Crippen LogP contribution in [-0.2, 0) is 4.74 Å². The zero-order valence-electron chi connectivity index (χ0n) is 17.0. The van der Waals surface area contributed by atoms with Crippen molar-refractivity contribution in [3.8, 4) is 0 Å². The molecule has 29 heavy (non-hydrogen) atoms. The maximum Gasteiger partial charge on any atom is 0.218 e.